The van der Waals surface area contributed by atoms with Gasteiger partial charge in [0.05, 0.1) is 41.7 Å². The molecule has 4 rings (SSSR count). The van der Waals surface area contributed by atoms with E-state index in [1.807, 2.05) is 0 Å². The molecule has 3 aromatic rings. The van der Waals surface area contributed by atoms with Crippen LogP contribution in [-0.4, -0.2) is 48.5 Å². The maximum absolute atomic E-state index is 14.9. The van der Waals surface area contributed by atoms with Crippen LogP contribution in [-0.2, 0) is 15.8 Å². The van der Waals surface area contributed by atoms with Crippen molar-refractivity contribution < 1.29 is 41.4 Å². The first kappa shape index (κ1) is 35.7. The molecule has 254 valence electrons. The van der Waals surface area contributed by atoms with Crippen LogP contribution in [0.3, 0.4) is 0 Å². The predicted molar refractivity (Wildman–Crippen MR) is 168 cm³/mol. The second-order valence-corrected chi connectivity index (χ2v) is 13.2. The molecule has 1 atom stereocenters. The molecule has 1 fully saturated rings. The van der Waals surface area contributed by atoms with Gasteiger partial charge in [0, 0.05) is 11.1 Å². The summed E-state index contributed by atoms with van der Waals surface area (Å²) in [5.74, 6) is -0.939. The third-order valence-electron chi connectivity index (χ3n) is 7.31. The van der Waals surface area contributed by atoms with Crippen LogP contribution < -0.4 is 25.8 Å². The Bertz CT molecular complexity index is 1660. The van der Waals surface area contributed by atoms with E-state index in [0.29, 0.717) is 5.75 Å². The first-order chi connectivity index (χ1) is 21.7. The highest BCUT2D eigenvalue weighted by Crippen LogP contribution is 2.39. The number of nitrogens with two attached hydrogens (primary N) is 1. The van der Waals surface area contributed by atoms with Crippen molar-refractivity contribution in [2.45, 2.75) is 76.4 Å². The second kappa shape index (κ2) is 13.2. The first-order valence-corrected chi connectivity index (χ1v) is 15.1. The zero-order valence-electron chi connectivity index (χ0n) is 26.8. The molecule has 1 aliphatic carbocycles. The third-order valence-corrected chi connectivity index (χ3v) is 7.60. The summed E-state index contributed by atoms with van der Waals surface area (Å²) in [7, 11) is 1.38. The number of amides is 2. The van der Waals surface area contributed by atoms with Gasteiger partial charge in [-0.3, -0.25) is 9.78 Å². The highest BCUT2D eigenvalue weighted by atomic mass is 35.5. The number of carbonyl (C=O) groups is 2. The molecular formula is C33H37ClF4N4O5. The molecule has 0 bridgehead atoms. The van der Waals surface area contributed by atoms with Crippen LogP contribution in [0.2, 0.25) is 5.02 Å². The number of rotatable bonds is 10. The van der Waals surface area contributed by atoms with Crippen LogP contribution in [0.15, 0.2) is 48.5 Å². The molecule has 1 saturated carbocycles. The average Bonchev–Trinajstić information content (AvgIpc) is 3.79. The Hall–Kier alpha value is -4.10. The van der Waals surface area contributed by atoms with Crippen molar-refractivity contribution in [1.29, 1.82) is 0 Å². The standard InChI is InChI=1S/C33H37ClF4N4O5/c1-30(2,3)47-29(44)42-31(4,5)20-15-24(18-7-11-23(35)22(34)13-18)41-27(16-20)32(39,33(36,37)38)17-40-28(43)19-8-12-25(26(14-19)45-6)46-21-9-10-21/h7-8,11-16,21H,9-10,17,39H2,1-6H3,(H,40,43)(H,42,44). The Kier molecular flexibility index (Phi) is 10.0. The summed E-state index contributed by atoms with van der Waals surface area (Å²) < 4.78 is 75.1. The van der Waals surface area contributed by atoms with E-state index in [-0.39, 0.29) is 39.3 Å². The minimum absolute atomic E-state index is 0.0144. The van der Waals surface area contributed by atoms with E-state index >= 15 is 0 Å². The lowest BCUT2D eigenvalue weighted by Crippen LogP contribution is -2.58. The van der Waals surface area contributed by atoms with E-state index in [4.69, 9.17) is 31.5 Å². The van der Waals surface area contributed by atoms with Gasteiger partial charge in [-0.05, 0) is 102 Å². The van der Waals surface area contributed by atoms with Gasteiger partial charge < -0.3 is 30.6 Å². The summed E-state index contributed by atoms with van der Waals surface area (Å²) in [6.07, 6.45) is -4.12. The van der Waals surface area contributed by atoms with Gasteiger partial charge in [-0.1, -0.05) is 11.6 Å². The molecule has 0 aliphatic heterocycles. The smallest absolute Gasteiger partial charge is 0.413 e. The molecule has 0 radical (unpaired) electrons. The molecule has 1 unspecified atom stereocenters. The fourth-order valence-corrected chi connectivity index (χ4v) is 4.66. The number of halogens is 5. The lowest BCUT2D eigenvalue weighted by molar-refractivity contribution is -0.188. The zero-order valence-corrected chi connectivity index (χ0v) is 27.5. The van der Waals surface area contributed by atoms with Crippen LogP contribution in [0.1, 0.15) is 69.1 Å². The molecule has 4 N–H and O–H groups in total. The van der Waals surface area contributed by atoms with Gasteiger partial charge in [-0.2, -0.15) is 13.2 Å². The largest absolute Gasteiger partial charge is 0.493 e. The lowest BCUT2D eigenvalue weighted by Gasteiger charge is -2.34. The van der Waals surface area contributed by atoms with Gasteiger partial charge >= 0.3 is 12.3 Å². The number of hydrogen-bond acceptors (Lipinski definition) is 7. The second-order valence-electron chi connectivity index (χ2n) is 12.8. The van der Waals surface area contributed by atoms with Crippen LogP contribution in [0.4, 0.5) is 22.4 Å². The number of aromatic nitrogens is 1. The summed E-state index contributed by atoms with van der Waals surface area (Å²) in [6.45, 7) is 6.97. The highest BCUT2D eigenvalue weighted by molar-refractivity contribution is 6.31. The molecule has 47 heavy (non-hydrogen) atoms. The van der Waals surface area contributed by atoms with Gasteiger partial charge in [0.2, 0.25) is 0 Å². The van der Waals surface area contributed by atoms with Crippen molar-refractivity contribution in [3.8, 4) is 22.8 Å². The molecular weight excluding hydrogens is 644 g/mol. The number of carbonyl (C=O) groups excluding carboxylic acids is 2. The van der Waals surface area contributed by atoms with Crippen LogP contribution in [0.25, 0.3) is 11.3 Å². The number of nitrogens with zero attached hydrogens (tertiary/aromatic N) is 1. The monoisotopic (exact) mass is 680 g/mol. The maximum atomic E-state index is 14.9. The van der Waals surface area contributed by atoms with Gasteiger partial charge in [0.25, 0.3) is 5.91 Å². The molecule has 9 nitrogen and oxygen atoms in total. The van der Waals surface area contributed by atoms with Gasteiger partial charge in [-0.15, -0.1) is 0 Å². The predicted octanol–water partition coefficient (Wildman–Crippen LogP) is 7.00. The normalized spacial score (nSPS) is 15.0. The fourth-order valence-electron chi connectivity index (χ4n) is 4.48. The quantitative estimate of drug-likeness (QED) is 0.197. The number of methoxy groups -OCH3 is 1. The number of hydrogen-bond donors (Lipinski definition) is 3. The van der Waals surface area contributed by atoms with Crippen LogP contribution in [0, 0.1) is 5.82 Å². The van der Waals surface area contributed by atoms with Crippen molar-refractivity contribution in [1.82, 2.24) is 15.6 Å². The van der Waals surface area contributed by atoms with Crippen molar-refractivity contribution in [2.24, 2.45) is 5.73 Å². The first-order valence-electron chi connectivity index (χ1n) is 14.7. The van der Waals surface area contributed by atoms with Crippen molar-refractivity contribution in [2.75, 3.05) is 13.7 Å². The third kappa shape index (κ3) is 8.63. The number of benzene rings is 2. The molecule has 14 heteroatoms. The van der Waals surface area contributed by atoms with Crippen molar-refractivity contribution in [3.63, 3.8) is 0 Å². The lowest BCUT2D eigenvalue weighted by atomic mass is 9.87. The fraction of sp³-hybridized carbons (Fsp3) is 0.424. The summed E-state index contributed by atoms with van der Waals surface area (Å²) in [4.78, 5) is 30.0. The molecule has 1 heterocycles. The number of alkyl carbamates (subject to hydrolysis) is 1. The van der Waals surface area contributed by atoms with Gasteiger partial charge in [0.15, 0.2) is 17.0 Å². The zero-order chi connectivity index (χ0) is 34.9. The number of alkyl halides is 3. The van der Waals surface area contributed by atoms with Crippen LogP contribution >= 0.6 is 11.6 Å². The topological polar surface area (TPSA) is 125 Å². The SMILES string of the molecule is COc1cc(C(=O)NCC(N)(c2cc(C(C)(C)NC(=O)OC(C)(C)C)cc(-c3ccc(F)c(Cl)c3)n2)C(F)(F)F)ccc1OC1CC1. The van der Waals surface area contributed by atoms with Crippen LogP contribution in [0.5, 0.6) is 11.5 Å². The Morgan fingerprint density at radius 3 is 2.26 bits per heavy atom. The van der Waals surface area contributed by atoms with E-state index in [2.05, 4.69) is 15.6 Å². The minimum Gasteiger partial charge on any atom is -0.493 e. The Balaban J connectivity index is 1.74. The summed E-state index contributed by atoms with van der Waals surface area (Å²) in [5.41, 5.74) is 0.352. The molecule has 1 aliphatic rings. The molecule has 2 aromatic carbocycles. The number of ether oxygens (including phenoxy) is 3. The molecule has 0 saturated heterocycles. The summed E-state index contributed by atoms with van der Waals surface area (Å²) in [5, 5.41) is 4.66. The molecule has 0 spiro atoms. The van der Waals surface area contributed by atoms with Crippen molar-refractivity contribution >= 4 is 23.6 Å². The molecule has 2 amide bonds. The Morgan fingerprint density at radius 1 is 1.00 bits per heavy atom. The highest BCUT2D eigenvalue weighted by Gasteiger charge is 2.55. The summed E-state index contributed by atoms with van der Waals surface area (Å²) in [6, 6.07) is 10.3. The van der Waals surface area contributed by atoms with E-state index in [9.17, 15) is 27.2 Å². The van der Waals surface area contributed by atoms with Gasteiger partial charge in [-0.25, -0.2) is 9.18 Å². The molecule has 1 aromatic heterocycles. The van der Waals surface area contributed by atoms with E-state index in [1.54, 1.807) is 34.6 Å². The Labute approximate surface area is 275 Å². The number of nitrogens with one attached hydrogen (secondary N) is 2. The maximum Gasteiger partial charge on any atom is 0.413 e. The average molecular weight is 681 g/mol. The van der Waals surface area contributed by atoms with Gasteiger partial charge in [0.1, 0.15) is 11.4 Å². The minimum atomic E-state index is -5.13. The summed E-state index contributed by atoms with van der Waals surface area (Å²) >= 11 is 5.98. The van der Waals surface area contributed by atoms with E-state index in [1.165, 1.54) is 43.5 Å². The number of pyridine rings is 1. The van der Waals surface area contributed by atoms with E-state index < -0.39 is 52.9 Å². The van der Waals surface area contributed by atoms with E-state index in [0.717, 1.165) is 25.0 Å². The van der Waals surface area contributed by atoms with Crippen molar-refractivity contribution in [3.05, 3.63) is 76.2 Å². The Morgan fingerprint density at radius 2 is 1.68 bits per heavy atom.